The minimum absolute atomic E-state index is 0.000690. The molecular formula is C13H15FN2O3. The third-order valence-electron chi connectivity index (χ3n) is 3.02. The van der Waals surface area contributed by atoms with Crippen LogP contribution in [0, 0.1) is 5.82 Å². The molecule has 1 atom stereocenters. The highest BCUT2D eigenvalue weighted by molar-refractivity contribution is 5.98. The summed E-state index contributed by atoms with van der Waals surface area (Å²) in [5.41, 5.74) is -0.127. The summed E-state index contributed by atoms with van der Waals surface area (Å²) in [6.07, 6.45) is 1.35. The number of hydrogen-bond donors (Lipinski definition) is 2. The van der Waals surface area contributed by atoms with Crippen molar-refractivity contribution in [3.63, 3.8) is 0 Å². The number of amides is 2. The molecule has 0 aromatic heterocycles. The average Bonchev–Trinajstić information content (AvgIpc) is 2.41. The number of hydrogen-bond acceptors (Lipinski definition) is 3. The van der Waals surface area contributed by atoms with Crippen molar-refractivity contribution in [2.24, 2.45) is 0 Å². The molecule has 0 aliphatic carbocycles. The van der Waals surface area contributed by atoms with Gasteiger partial charge in [-0.05, 0) is 25.0 Å². The maximum atomic E-state index is 13.9. The monoisotopic (exact) mass is 266 g/mol. The van der Waals surface area contributed by atoms with Crippen LogP contribution < -0.4 is 15.4 Å². The molecule has 1 heterocycles. The average molecular weight is 266 g/mol. The number of benzene rings is 1. The number of carbonyl (C=O) groups excluding carboxylic acids is 2. The highest BCUT2D eigenvalue weighted by atomic mass is 19.1. The molecule has 6 heteroatoms. The summed E-state index contributed by atoms with van der Waals surface area (Å²) in [4.78, 5) is 23.5. The number of piperidine rings is 1. The van der Waals surface area contributed by atoms with Crippen molar-refractivity contribution in [1.29, 1.82) is 0 Å². The second-order valence-corrected chi connectivity index (χ2v) is 4.28. The lowest BCUT2D eigenvalue weighted by atomic mass is 10.1. The van der Waals surface area contributed by atoms with E-state index in [2.05, 4.69) is 10.6 Å². The molecular weight excluding hydrogens is 251 g/mol. The van der Waals surface area contributed by atoms with Crippen LogP contribution in [0.15, 0.2) is 18.2 Å². The molecule has 1 aliphatic heterocycles. The summed E-state index contributed by atoms with van der Waals surface area (Å²) < 4.78 is 18.7. The van der Waals surface area contributed by atoms with Gasteiger partial charge < -0.3 is 15.4 Å². The van der Waals surface area contributed by atoms with Gasteiger partial charge in [-0.1, -0.05) is 6.07 Å². The van der Waals surface area contributed by atoms with Crippen molar-refractivity contribution < 1.29 is 18.7 Å². The lowest BCUT2D eigenvalue weighted by Crippen LogP contribution is -2.50. The van der Waals surface area contributed by atoms with Crippen LogP contribution in [0.1, 0.15) is 23.2 Å². The van der Waals surface area contributed by atoms with Crippen molar-refractivity contribution in [2.45, 2.75) is 18.9 Å². The van der Waals surface area contributed by atoms with Crippen LogP contribution >= 0.6 is 0 Å². The molecule has 0 saturated carbocycles. The predicted molar refractivity (Wildman–Crippen MR) is 66.4 cm³/mol. The fourth-order valence-electron chi connectivity index (χ4n) is 1.99. The minimum atomic E-state index is -0.723. The second kappa shape index (κ2) is 5.69. The SMILES string of the molecule is COc1cccc(C(=O)N[C@H]2CCCNC2=O)c1F. The van der Waals surface area contributed by atoms with Gasteiger partial charge in [-0.3, -0.25) is 9.59 Å². The quantitative estimate of drug-likeness (QED) is 0.852. The van der Waals surface area contributed by atoms with E-state index in [0.29, 0.717) is 13.0 Å². The predicted octanol–water partition coefficient (Wildman–Crippen LogP) is 0.843. The molecule has 2 N–H and O–H groups in total. The molecule has 19 heavy (non-hydrogen) atoms. The fourth-order valence-corrected chi connectivity index (χ4v) is 1.99. The summed E-state index contributed by atoms with van der Waals surface area (Å²) in [6.45, 7) is 0.610. The number of rotatable bonds is 3. The van der Waals surface area contributed by atoms with Gasteiger partial charge in [0.2, 0.25) is 5.91 Å². The summed E-state index contributed by atoms with van der Waals surface area (Å²) in [7, 11) is 1.33. The first-order chi connectivity index (χ1) is 9.13. The van der Waals surface area contributed by atoms with Crippen LogP contribution in [-0.2, 0) is 4.79 Å². The third-order valence-corrected chi connectivity index (χ3v) is 3.02. The van der Waals surface area contributed by atoms with Crippen LogP contribution in [0.3, 0.4) is 0 Å². The molecule has 1 saturated heterocycles. The second-order valence-electron chi connectivity index (χ2n) is 4.28. The topological polar surface area (TPSA) is 67.4 Å². The highest BCUT2D eigenvalue weighted by Gasteiger charge is 2.25. The number of ether oxygens (including phenoxy) is 1. The Morgan fingerprint density at radius 3 is 3.00 bits per heavy atom. The van der Waals surface area contributed by atoms with Crippen molar-refractivity contribution in [1.82, 2.24) is 10.6 Å². The molecule has 1 fully saturated rings. The van der Waals surface area contributed by atoms with Crippen molar-refractivity contribution in [2.75, 3.05) is 13.7 Å². The van der Waals surface area contributed by atoms with Gasteiger partial charge >= 0.3 is 0 Å². The molecule has 0 spiro atoms. The minimum Gasteiger partial charge on any atom is -0.494 e. The van der Waals surface area contributed by atoms with Gasteiger partial charge in [-0.25, -0.2) is 4.39 Å². The van der Waals surface area contributed by atoms with Crippen molar-refractivity contribution in [3.8, 4) is 5.75 Å². The number of methoxy groups -OCH3 is 1. The molecule has 5 nitrogen and oxygen atoms in total. The van der Waals surface area contributed by atoms with Gasteiger partial charge in [-0.2, -0.15) is 0 Å². The van der Waals surface area contributed by atoms with Gasteiger partial charge in [0.15, 0.2) is 11.6 Å². The molecule has 1 aromatic rings. The lowest BCUT2D eigenvalue weighted by Gasteiger charge is -2.22. The first-order valence-electron chi connectivity index (χ1n) is 6.04. The normalized spacial score (nSPS) is 18.6. The Morgan fingerprint density at radius 1 is 1.53 bits per heavy atom. The Labute approximate surface area is 110 Å². The summed E-state index contributed by atoms with van der Waals surface area (Å²) >= 11 is 0. The van der Waals surface area contributed by atoms with Crippen LogP contribution in [0.4, 0.5) is 4.39 Å². The fraction of sp³-hybridized carbons (Fsp3) is 0.385. The molecule has 0 bridgehead atoms. The first kappa shape index (κ1) is 13.3. The number of halogens is 1. The van der Waals surface area contributed by atoms with Crippen LogP contribution in [0.2, 0.25) is 0 Å². The van der Waals surface area contributed by atoms with Gasteiger partial charge in [0.25, 0.3) is 5.91 Å². The first-order valence-corrected chi connectivity index (χ1v) is 6.04. The van der Waals surface area contributed by atoms with Crippen LogP contribution in [0.5, 0.6) is 5.75 Å². The maximum absolute atomic E-state index is 13.9. The van der Waals surface area contributed by atoms with Gasteiger partial charge in [-0.15, -0.1) is 0 Å². The zero-order valence-electron chi connectivity index (χ0n) is 10.5. The van der Waals surface area contributed by atoms with E-state index >= 15 is 0 Å². The van der Waals surface area contributed by atoms with E-state index < -0.39 is 17.8 Å². The van der Waals surface area contributed by atoms with E-state index in [1.807, 2.05) is 0 Å². The summed E-state index contributed by atoms with van der Waals surface area (Å²) in [5, 5.41) is 5.18. The molecule has 0 unspecified atom stereocenters. The standard InChI is InChI=1S/C13H15FN2O3/c1-19-10-6-2-4-8(11(10)14)12(17)16-9-5-3-7-15-13(9)18/h2,4,6,9H,3,5,7H2,1H3,(H,15,18)(H,16,17)/t9-/m0/s1. The maximum Gasteiger partial charge on any atom is 0.255 e. The molecule has 2 amide bonds. The van der Waals surface area contributed by atoms with E-state index in [-0.39, 0.29) is 17.2 Å². The van der Waals surface area contributed by atoms with E-state index in [0.717, 1.165) is 6.42 Å². The summed E-state index contributed by atoms with van der Waals surface area (Å²) in [6, 6.07) is 3.71. The number of carbonyl (C=O) groups is 2. The van der Waals surface area contributed by atoms with Gasteiger partial charge in [0, 0.05) is 6.54 Å². The zero-order valence-corrected chi connectivity index (χ0v) is 10.5. The number of nitrogens with one attached hydrogen (secondary N) is 2. The Morgan fingerprint density at radius 2 is 2.32 bits per heavy atom. The molecule has 1 aromatic carbocycles. The molecule has 1 aliphatic rings. The Hall–Kier alpha value is -2.11. The van der Waals surface area contributed by atoms with Crippen LogP contribution in [-0.4, -0.2) is 31.5 Å². The molecule has 2 rings (SSSR count). The largest absolute Gasteiger partial charge is 0.494 e. The van der Waals surface area contributed by atoms with Crippen molar-refractivity contribution >= 4 is 11.8 Å². The van der Waals surface area contributed by atoms with Gasteiger partial charge in [0.1, 0.15) is 6.04 Å². The highest BCUT2D eigenvalue weighted by Crippen LogP contribution is 2.20. The van der Waals surface area contributed by atoms with E-state index in [1.165, 1.54) is 25.3 Å². The Bertz CT molecular complexity index is 505. The van der Waals surface area contributed by atoms with E-state index in [1.54, 1.807) is 0 Å². The van der Waals surface area contributed by atoms with Gasteiger partial charge in [0.05, 0.1) is 12.7 Å². The molecule has 102 valence electrons. The van der Waals surface area contributed by atoms with Crippen LogP contribution in [0.25, 0.3) is 0 Å². The van der Waals surface area contributed by atoms with E-state index in [4.69, 9.17) is 4.74 Å². The smallest absolute Gasteiger partial charge is 0.255 e. The Balaban J connectivity index is 2.13. The lowest BCUT2D eigenvalue weighted by molar-refractivity contribution is -0.124. The Kier molecular flexibility index (Phi) is 3.99. The summed E-state index contributed by atoms with van der Waals surface area (Å²) in [5.74, 6) is -1.57. The third kappa shape index (κ3) is 2.83. The molecule has 0 radical (unpaired) electrons. The van der Waals surface area contributed by atoms with Crippen molar-refractivity contribution in [3.05, 3.63) is 29.6 Å². The zero-order chi connectivity index (χ0) is 13.8. The van der Waals surface area contributed by atoms with E-state index in [9.17, 15) is 14.0 Å².